The molecule has 0 aliphatic carbocycles. The van der Waals surface area contributed by atoms with Crippen molar-refractivity contribution in [3.8, 4) is 11.3 Å². The minimum absolute atomic E-state index is 0.00857. The molecule has 2 amide bonds. The Morgan fingerprint density at radius 2 is 1.86 bits per heavy atom. The van der Waals surface area contributed by atoms with Crippen LogP contribution < -0.4 is 5.32 Å². The number of hydrogen-bond acceptors (Lipinski definition) is 4. The number of carbonyl (C=O) groups is 2. The van der Waals surface area contributed by atoms with Gasteiger partial charge in [0.2, 0.25) is 11.8 Å². The van der Waals surface area contributed by atoms with Crippen LogP contribution in [-0.4, -0.2) is 28.4 Å². The topological polar surface area (TPSA) is 75.4 Å². The van der Waals surface area contributed by atoms with Crippen molar-refractivity contribution in [1.29, 1.82) is 0 Å². The third-order valence-electron chi connectivity index (χ3n) is 4.93. The predicted octanol–water partition coefficient (Wildman–Crippen LogP) is 3.57. The highest BCUT2D eigenvalue weighted by Crippen LogP contribution is 2.30. The Balaban J connectivity index is 1.43. The summed E-state index contributed by atoms with van der Waals surface area (Å²) in [5.74, 6) is 0.212. The molecular weight excluding hydrogens is 373 g/mol. The van der Waals surface area contributed by atoms with E-state index < -0.39 is 0 Å². The average Bonchev–Trinajstić information content (AvgIpc) is 3.13. The maximum atomic E-state index is 13.2. The smallest absolute Gasteiger partial charge is 0.227 e. The fraction of sp³-hybridized carbons (Fsp3) is 0.227. The minimum atomic E-state index is -0.302. The van der Waals surface area contributed by atoms with Crippen molar-refractivity contribution >= 4 is 17.5 Å². The normalized spacial score (nSPS) is 13.1. The molecule has 1 N–H and O–H groups in total. The van der Waals surface area contributed by atoms with Gasteiger partial charge in [-0.15, -0.1) is 0 Å². The van der Waals surface area contributed by atoms with Gasteiger partial charge in [-0.05, 0) is 48.4 Å². The van der Waals surface area contributed by atoms with Gasteiger partial charge in [0.1, 0.15) is 11.5 Å². The first-order valence-corrected chi connectivity index (χ1v) is 9.37. The zero-order chi connectivity index (χ0) is 20.4. The Hall–Kier alpha value is -3.48. The van der Waals surface area contributed by atoms with Crippen molar-refractivity contribution in [3.05, 3.63) is 71.2 Å². The van der Waals surface area contributed by atoms with Gasteiger partial charge in [-0.25, -0.2) is 4.39 Å². The maximum absolute atomic E-state index is 13.2. The number of nitrogens with zero attached hydrogens (tertiary/aromatic N) is 2. The summed E-state index contributed by atoms with van der Waals surface area (Å²) < 4.78 is 18.6. The van der Waals surface area contributed by atoms with Crippen LogP contribution in [0, 0.1) is 5.82 Å². The molecule has 0 unspecified atom stereocenters. The highest BCUT2D eigenvalue weighted by Gasteiger charge is 2.27. The van der Waals surface area contributed by atoms with Crippen molar-refractivity contribution in [2.45, 2.75) is 26.3 Å². The van der Waals surface area contributed by atoms with Gasteiger partial charge >= 0.3 is 0 Å². The molecular formula is C22H20FN3O3. The molecule has 7 heteroatoms. The van der Waals surface area contributed by atoms with E-state index in [0.717, 1.165) is 22.4 Å². The van der Waals surface area contributed by atoms with Crippen molar-refractivity contribution < 1.29 is 18.5 Å². The number of hydrogen-bond donors (Lipinski definition) is 1. The Bertz CT molecular complexity index is 1040. The fourth-order valence-corrected chi connectivity index (χ4v) is 3.47. The molecule has 1 aliphatic rings. The van der Waals surface area contributed by atoms with Crippen LogP contribution >= 0.6 is 0 Å². The fourth-order valence-electron chi connectivity index (χ4n) is 3.47. The van der Waals surface area contributed by atoms with Crippen LogP contribution in [0.3, 0.4) is 0 Å². The molecule has 2 aromatic carbocycles. The van der Waals surface area contributed by atoms with Gasteiger partial charge in [-0.2, -0.15) is 0 Å². The van der Waals surface area contributed by atoms with E-state index >= 15 is 0 Å². The maximum Gasteiger partial charge on any atom is 0.227 e. The van der Waals surface area contributed by atoms with Gasteiger partial charge in [0.25, 0.3) is 0 Å². The SMILES string of the molecule is CC(=O)Nc1ccc(CC(=O)N2CCc3c(noc3-c3ccc(F)cc3)C2)cc1. The Kier molecular flexibility index (Phi) is 5.12. The number of amides is 2. The monoisotopic (exact) mass is 393 g/mol. The number of nitrogens with one attached hydrogen (secondary N) is 1. The van der Waals surface area contributed by atoms with E-state index in [9.17, 15) is 14.0 Å². The highest BCUT2D eigenvalue weighted by molar-refractivity contribution is 5.88. The molecule has 0 spiro atoms. The van der Waals surface area contributed by atoms with E-state index in [4.69, 9.17) is 4.52 Å². The Morgan fingerprint density at radius 1 is 1.14 bits per heavy atom. The zero-order valence-electron chi connectivity index (χ0n) is 15.9. The number of anilines is 1. The molecule has 0 radical (unpaired) electrons. The lowest BCUT2D eigenvalue weighted by atomic mass is 10.00. The first-order valence-electron chi connectivity index (χ1n) is 9.37. The van der Waals surface area contributed by atoms with Crippen LogP contribution in [0.25, 0.3) is 11.3 Å². The molecule has 4 rings (SSSR count). The van der Waals surface area contributed by atoms with E-state index in [1.807, 2.05) is 12.1 Å². The molecule has 0 atom stereocenters. The lowest BCUT2D eigenvalue weighted by Crippen LogP contribution is -2.36. The summed E-state index contributed by atoms with van der Waals surface area (Å²) in [5, 5.41) is 6.84. The molecule has 2 heterocycles. The number of fused-ring (bicyclic) bond motifs is 1. The molecule has 0 saturated heterocycles. The summed E-state index contributed by atoms with van der Waals surface area (Å²) in [6.45, 7) is 2.42. The molecule has 1 aliphatic heterocycles. The van der Waals surface area contributed by atoms with E-state index in [-0.39, 0.29) is 24.1 Å². The number of benzene rings is 2. The van der Waals surface area contributed by atoms with Crippen molar-refractivity contribution in [3.63, 3.8) is 0 Å². The van der Waals surface area contributed by atoms with E-state index in [1.165, 1.54) is 19.1 Å². The van der Waals surface area contributed by atoms with Crippen LogP contribution in [0.2, 0.25) is 0 Å². The summed E-state index contributed by atoms with van der Waals surface area (Å²) in [4.78, 5) is 25.6. The highest BCUT2D eigenvalue weighted by atomic mass is 19.1. The minimum Gasteiger partial charge on any atom is -0.356 e. The number of aromatic nitrogens is 1. The van der Waals surface area contributed by atoms with Gasteiger partial charge in [0, 0.05) is 30.3 Å². The van der Waals surface area contributed by atoms with Gasteiger partial charge in [-0.3, -0.25) is 9.59 Å². The summed E-state index contributed by atoms with van der Waals surface area (Å²) >= 11 is 0. The quantitative estimate of drug-likeness (QED) is 0.735. The molecule has 1 aromatic heterocycles. The zero-order valence-corrected chi connectivity index (χ0v) is 15.9. The summed E-state index contributed by atoms with van der Waals surface area (Å²) in [6.07, 6.45) is 0.914. The summed E-state index contributed by atoms with van der Waals surface area (Å²) in [6, 6.07) is 13.3. The lowest BCUT2D eigenvalue weighted by Gasteiger charge is -2.26. The summed E-state index contributed by atoms with van der Waals surface area (Å²) in [5.41, 5.74) is 4.07. The third-order valence-corrected chi connectivity index (χ3v) is 4.93. The third kappa shape index (κ3) is 4.18. The molecule has 148 valence electrons. The van der Waals surface area contributed by atoms with Crippen LogP contribution in [0.5, 0.6) is 0 Å². The predicted molar refractivity (Wildman–Crippen MR) is 105 cm³/mol. The number of rotatable bonds is 4. The molecule has 29 heavy (non-hydrogen) atoms. The van der Waals surface area contributed by atoms with Crippen molar-refractivity contribution in [1.82, 2.24) is 10.1 Å². The van der Waals surface area contributed by atoms with Crippen molar-refractivity contribution in [2.75, 3.05) is 11.9 Å². The second-order valence-electron chi connectivity index (χ2n) is 7.06. The van der Waals surface area contributed by atoms with Gasteiger partial charge in [0.05, 0.1) is 13.0 Å². The van der Waals surface area contributed by atoms with Crippen molar-refractivity contribution in [2.24, 2.45) is 0 Å². The van der Waals surface area contributed by atoms with E-state index in [2.05, 4.69) is 10.5 Å². The van der Waals surface area contributed by atoms with Gasteiger partial charge < -0.3 is 14.7 Å². The Labute approximate surface area is 167 Å². The Morgan fingerprint density at radius 3 is 2.55 bits per heavy atom. The van der Waals surface area contributed by atoms with E-state index in [1.54, 1.807) is 29.2 Å². The first kappa shape index (κ1) is 18.9. The molecule has 0 bridgehead atoms. The standard InChI is InChI=1S/C22H20FN3O3/c1-14(27)24-18-8-2-15(3-9-18)12-21(28)26-11-10-19-20(13-26)25-29-22(19)16-4-6-17(23)7-5-16/h2-9H,10-13H2,1H3,(H,24,27). The number of halogens is 1. The second-order valence-corrected chi connectivity index (χ2v) is 7.06. The molecule has 3 aromatic rings. The van der Waals surface area contributed by atoms with Crippen LogP contribution in [0.4, 0.5) is 10.1 Å². The van der Waals surface area contributed by atoms with Crippen LogP contribution in [0.1, 0.15) is 23.7 Å². The van der Waals surface area contributed by atoms with Crippen LogP contribution in [0.15, 0.2) is 53.1 Å². The largest absolute Gasteiger partial charge is 0.356 e. The summed E-state index contributed by atoms with van der Waals surface area (Å²) in [7, 11) is 0. The number of carbonyl (C=O) groups excluding carboxylic acids is 2. The lowest BCUT2D eigenvalue weighted by molar-refractivity contribution is -0.131. The molecule has 6 nitrogen and oxygen atoms in total. The van der Waals surface area contributed by atoms with Crippen LogP contribution in [-0.2, 0) is 29.0 Å². The van der Waals surface area contributed by atoms with E-state index in [0.29, 0.717) is 31.0 Å². The van der Waals surface area contributed by atoms with Gasteiger partial charge in [0.15, 0.2) is 5.76 Å². The van der Waals surface area contributed by atoms with Gasteiger partial charge in [-0.1, -0.05) is 17.3 Å². The first-order chi connectivity index (χ1) is 14.0. The molecule has 0 saturated carbocycles. The molecule has 0 fully saturated rings. The second kappa shape index (κ2) is 7.87. The average molecular weight is 393 g/mol.